The number of hydrogen-bond donors (Lipinski definition) is 0. The maximum absolute atomic E-state index is 13.5. The summed E-state index contributed by atoms with van der Waals surface area (Å²) in [6.45, 7) is 2.72. The zero-order chi connectivity index (χ0) is 23.9. The van der Waals surface area contributed by atoms with Gasteiger partial charge in [0.1, 0.15) is 11.6 Å². The molecule has 0 radical (unpaired) electrons. The van der Waals surface area contributed by atoms with Crippen LogP contribution >= 0.6 is 0 Å². The SMILES string of the molecule is Cc1nc2cc(C(=O)N3CCN(S(=O)(=O)c4cccc(F)c4)CC3)ccc2n1-c1ccccc1. The van der Waals surface area contributed by atoms with Crippen LogP contribution in [0.2, 0.25) is 0 Å². The highest BCUT2D eigenvalue weighted by molar-refractivity contribution is 7.89. The number of amides is 1. The van der Waals surface area contributed by atoms with Gasteiger partial charge < -0.3 is 4.90 Å². The number of fused-ring (bicyclic) bond motifs is 1. The number of hydrogen-bond acceptors (Lipinski definition) is 4. The maximum Gasteiger partial charge on any atom is 0.254 e. The molecule has 1 fully saturated rings. The van der Waals surface area contributed by atoms with Crippen LogP contribution in [0.25, 0.3) is 16.7 Å². The lowest BCUT2D eigenvalue weighted by molar-refractivity contribution is 0.0698. The van der Waals surface area contributed by atoms with Gasteiger partial charge in [0.25, 0.3) is 5.91 Å². The summed E-state index contributed by atoms with van der Waals surface area (Å²) in [6, 6.07) is 20.3. The number of carbonyl (C=O) groups is 1. The van der Waals surface area contributed by atoms with Crippen LogP contribution in [0.3, 0.4) is 0 Å². The number of rotatable bonds is 4. The van der Waals surface area contributed by atoms with Gasteiger partial charge in [-0.1, -0.05) is 24.3 Å². The van der Waals surface area contributed by atoms with Crippen molar-refractivity contribution < 1.29 is 17.6 Å². The minimum Gasteiger partial charge on any atom is -0.336 e. The Hall–Kier alpha value is -3.56. The van der Waals surface area contributed by atoms with Crippen molar-refractivity contribution in [2.24, 2.45) is 0 Å². The van der Waals surface area contributed by atoms with Crippen LogP contribution in [0.15, 0.2) is 77.7 Å². The van der Waals surface area contributed by atoms with E-state index in [9.17, 15) is 17.6 Å². The first-order chi connectivity index (χ1) is 16.3. The zero-order valence-electron chi connectivity index (χ0n) is 18.6. The van der Waals surface area contributed by atoms with Crippen LogP contribution in [-0.2, 0) is 10.0 Å². The molecule has 34 heavy (non-hydrogen) atoms. The summed E-state index contributed by atoms with van der Waals surface area (Å²) in [5.74, 6) is 0.0498. The fourth-order valence-corrected chi connectivity index (χ4v) is 5.78. The van der Waals surface area contributed by atoms with Crippen LogP contribution in [0.1, 0.15) is 16.2 Å². The van der Waals surface area contributed by atoms with Crippen molar-refractivity contribution >= 4 is 27.0 Å². The number of aromatic nitrogens is 2. The molecule has 174 valence electrons. The fourth-order valence-electron chi connectivity index (χ4n) is 4.33. The van der Waals surface area contributed by atoms with E-state index in [1.807, 2.05) is 47.9 Å². The largest absolute Gasteiger partial charge is 0.336 e. The molecule has 0 saturated carbocycles. The number of nitrogens with zero attached hydrogens (tertiary/aromatic N) is 4. The molecule has 4 aromatic rings. The van der Waals surface area contributed by atoms with Crippen molar-refractivity contribution in [2.45, 2.75) is 11.8 Å². The number of aryl methyl sites for hydroxylation is 1. The number of para-hydroxylation sites is 1. The third-order valence-corrected chi connectivity index (χ3v) is 7.94. The zero-order valence-corrected chi connectivity index (χ0v) is 19.4. The van der Waals surface area contributed by atoms with E-state index in [4.69, 9.17) is 0 Å². The van der Waals surface area contributed by atoms with E-state index < -0.39 is 15.8 Å². The third-order valence-electron chi connectivity index (χ3n) is 6.04. The van der Waals surface area contributed by atoms with Crippen molar-refractivity contribution in [1.29, 1.82) is 0 Å². The molecular formula is C25H23FN4O3S. The summed E-state index contributed by atoms with van der Waals surface area (Å²) in [5, 5.41) is 0. The summed E-state index contributed by atoms with van der Waals surface area (Å²) in [5.41, 5.74) is 3.13. The number of carbonyl (C=O) groups excluding carboxylic acids is 1. The van der Waals surface area contributed by atoms with E-state index in [-0.39, 0.29) is 37.0 Å². The molecule has 1 saturated heterocycles. The fraction of sp³-hybridized carbons (Fsp3) is 0.200. The lowest BCUT2D eigenvalue weighted by Gasteiger charge is -2.34. The molecule has 1 aliphatic rings. The number of sulfonamides is 1. The van der Waals surface area contributed by atoms with Crippen molar-refractivity contribution in [3.05, 3.63) is 90.0 Å². The Morgan fingerprint density at radius 1 is 0.912 bits per heavy atom. The average Bonchev–Trinajstić information content (AvgIpc) is 3.19. The summed E-state index contributed by atoms with van der Waals surface area (Å²) < 4.78 is 42.5. The molecule has 0 N–H and O–H groups in total. The van der Waals surface area contributed by atoms with Gasteiger partial charge in [0.2, 0.25) is 10.0 Å². The van der Waals surface area contributed by atoms with Gasteiger partial charge in [0.05, 0.1) is 15.9 Å². The van der Waals surface area contributed by atoms with Gasteiger partial charge in [0.15, 0.2) is 0 Å². The molecule has 1 aromatic heterocycles. The van der Waals surface area contributed by atoms with Gasteiger partial charge in [-0.05, 0) is 55.5 Å². The quantitative estimate of drug-likeness (QED) is 0.449. The first-order valence-corrected chi connectivity index (χ1v) is 12.4. The molecule has 0 unspecified atom stereocenters. The second-order valence-electron chi connectivity index (χ2n) is 8.19. The number of piperazine rings is 1. The average molecular weight is 479 g/mol. The molecule has 9 heteroatoms. The summed E-state index contributed by atoms with van der Waals surface area (Å²) in [4.78, 5) is 19.3. The van der Waals surface area contributed by atoms with Gasteiger partial charge in [-0.2, -0.15) is 4.31 Å². The van der Waals surface area contributed by atoms with Crippen LogP contribution in [0.5, 0.6) is 0 Å². The number of benzene rings is 3. The van der Waals surface area contributed by atoms with E-state index in [2.05, 4.69) is 4.98 Å². The predicted octanol–water partition coefficient (Wildman–Crippen LogP) is 3.62. The van der Waals surface area contributed by atoms with Gasteiger partial charge in [-0.3, -0.25) is 9.36 Å². The summed E-state index contributed by atoms with van der Waals surface area (Å²) in [6.07, 6.45) is 0. The van der Waals surface area contributed by atoms with Crippen molar-refractivity contribution in [3.8, 4) is 5.69 Å². The van der Waals surface area contributed by atoms with Crippen LogP contribution in [0.4, 0.5) is 4.39 Å². The standard InChI is InChI=1S/C25H23FN4O3S/c1-18-27-23-16-19(10-11-24(23)30(18)21-7-3-2-4-8-21)25(31)28-12-14-29(15-13-28)34(32,33)22-9-5-6-20(26)17-22/h2-11,16-17H,12-15H2,1H3. The van der Waals surface area contributed by atoms with Crippen LogP contribution < -0.4 is 0 Å². The Morgan fingerprint density at radius 2 is 1.65 bits per heavy atom. The maximum atomic E-state index is 13.5. The van der Waals surface area contributed by atoms with Gasteiger partial charge in [0, 0.05) is 37.4 Å². The van der Waals surface area contributed by atoms with Gasteiger partial charge in [-0.15, -0.1) is 0 Å². The molecule has 7 nitrogen and oxygen atoms in total. The highest BCUT2D eigenvalue weighted by atomic mass is 32.2. The molecule has 3 aromatic carbocycles. The number of imidazole rings is 1. The molecule has 0 spiro atoms. The Labute approximate surface area is 197 Å². The summed E-state index contributed by atoms with van der Waals surface area (Å²) in [7, 11) is -3.81. The molecular weight excluding hydrogens is 455 g/mol. The van der Waals surface area contributed by atoms with E-state index >= 15 is 0 Å². The van der Waals surface area contributed by atoms with E-state index in [1.54, 1.807) is 17.0 Å². The highest BCUT2D eigenvalue weighted by Gasteiger charge is 2.30. The Morgan fingerprint density at radius 3 is 2.35 bits per heavy atom. The molecule has 2 heterocycles. The normalized spacial score (nSPS) is 15.1. The van der Waals surface area contributed by atoms with E-state index in [1.165, 1.54) is 22.5 Å². The molecule has 5 rings (SSSR count). The monoisotopic (exact) mass is 478 g/mol. The second kappa shape index (κ2) is 8.66. The first-order valence-electron chi connectivity index (χ1n) is 10.9. The topological polar surface area (TPSA) is 75.5 Å². The smallest absolute Gasteiger partial charge is 0.254 e. The highest BCUT2D eigenvalue weighted by Crippen LogP contribution is 2.24. The molecule has 1 amide bonds. The van der Waals surface area contributed by atoms with Gasteiger partial charge >= 0.3 is 0 Å². The van der Waals surface area contributed by atoms with E-state index in [0.717, 1.165) is 28.6 Å². The Kier molecular flexibility index (Phi) is 5.66. The number of halogens is 1. The molecule has 1 aliphatic heterocycles. The predicted molar refractivity (Wildman–Crippen MR) is 127 cm³/mol. The lowest BCUT2D eigenvalue weighted by atomic mass is 10.1. The van der Waals surface area contributed by atoms with Crippen molar-refractivity contribution in [1.82, 2.24) is 18.8 Å². The Balaban J connectivity index is 1.33. The minimum atomic E-state index is -3.81. The van der Waals surface area contributed by atoms with Crippen LogP contribution in [0, 0.1) is 12.7 Å². The van der Waals surface area contributed by atoms with Crippen molar-refractivity contribution in [3.63, 3.8) is 0 Å². The third kappa shape index (κ3) is 3.97. The minimum absolute atomic E-state index is 0.0814. The molecule has 0 aliphatic carbocycles. The van der Waals surface area contributed by atoms with Crippen molar-refractivity contribution in [2.75, 3.05) is 26.2 Å². The van der Waals surface area contributed by atoms with Crippen LogP contribution in [-0.4, -0.2) is 59.3 Å². The molecule has 0 atom stereocenters. The Bertz CT molecular complexity index is 1480. The van der Waals surface area contributed by atoms with Gasteiger partial charge in [-0.25, -0.2) is 17.8 Å². The lowest BCUT2D eigenvalue weighted by Crippen LogP contribution is -2.50. The second-order valence-corrected chi connectivity index (χ2v) is 10.1. The first kappa shape index (κ1) is 22.2. The molecule has 0 bridgehead atoms. The van der Waals surface area contributed by atoms with E-state index in [0.29, 0.717) is 5.56 Å². The summed E-state index contributed by atoms with van der Waals surface area (Å²) >= 11 is 0.